The molecule has 0 bridgehead atoms. The maximum atomic E-state index is 5.89. The minimum atomic E-state index is 0.677. The van der Waals surface area contributed by atoms with Crippen LogP contribution in [0.4, 0.5) is 0 Å². The van der Waals surface area contributed by atoms with Gasteiger partial charge in [-0.1, -0.05) is 29.3 Å². The molecular formula is C10H6Cl2S. The molecule has 0 saturated heterocycles. The average molecular weight is 229 g/mol. The van der Waals surface area contributed by atoms with Gasteiger partial charge in [0.1, 0.15) is 0 Å². The summed E-state index contributed by atoms with van der Waals surface area (Å²) in [4.78, 5) is 1.18. The Morgan fingerprint density at radius 2 is 1.69 bits per heavy atom. The van der Waals surface area contributed by atoms with Crippen LogP contribution < -0.4 is 0 Å². The van der Waals surface area contributed by atoms with Crippen LogP contribution in [0.15, 0.2) is 35.7 Å². The van der Waals surface area contributed by atoms with E-state index in [1.54, 1.807) is 17.4 Å². The number of thiophene rings is 1. The van der Waals surface area contributed by atoms with E-state index in [4.69, 9.17) is 23.2 Å². The van der Waals surface area contributed by atoms with Gasteiger partial charge in [0, 0.05) is 14.9 Å². The highest BCUT2D eigenvalue weighted by atomic mass is 35.5. The van der Waals surface area contributed by atoms with Crippen molar-refractivity contribution in [3.63, 3.8) is 0 Å². The smallest absolute Gasteiger partial charge is 0.0427 e. The molecule has 0 fully saturated rings. The molecule has 66 valence electrons. The number of rotatable bonds is 1. The summed E-state index contributed by atoms with van der Waals surface area (Å²) in [6, 6.07) is 9.63. The standard InChI is InChI=1S/C10H6Cl2S/c11-8-4-7(5-9(12)6-8)10-2-1-3-13-10/h1-6H. The summed E-state index contributed by atoms with van der Waals surface area (Å²) >= 11 is 13.5. The van der Waals surface area contributed by atoms with Gasteiger partial charge in [0.25, 0.3) is 0 Å². The van der Waals surface area contributed by atoms with Gasteiger partial charge in [-0.25, -0.2) is 0 Å². The second-order valence-corrected chi connectivity index (χ2v) is 4.46. The van der Waals surface area contributed by atoms with E-state index < -0.39 is 0 Å². The van der Waals surface area contributed by atoms with E-state index in [0.29, 0.717) is 10.0 Å². The normalized spacial score (nSPS) is 10.3. The zero-order valence-corrected chi connectivity index (χ0v) is 8.96. The number of hydrogen-bond acceptors (Lipinski definition) is 1. The Morgan fingerprint density at radius 1 is 1.00 bits per heavy atom. The molecule has 0 aliphatic rings. The van der Waals surface area contributed by atoms with E-state index in [1.807, 2.05) is 29.6 Å². The lowest BCUT2D eigenvalue weighted by atomic mass is 10.2. The summed E-state index contributed by atoms with van der Waals surface area (Å²) in [5.41, 5.74) is 1.08. The van der Waals surface area contributed by atoms with Crippen LogP contribution in [0.25, 0.3) is 10.4 Å². The van der Waals surface area contributed by atoms with Crippen molar-refractivity contribution in [2.24, 2.45) is 0 Å². The van der Waals surface area contributed by atoms with E-state index in [0.717, 1.165) is 5.56 Å². The van der Waals surface area contributed by atoms with Gasteiger partial charge in [-0.2, -0.15) is 0 Å². The van der Waals surface area contributed by atoms with E-state index in [2.05, 4.69) is 0 Å². The predicted octanol–water partition coefficient (Wildman–Crippen LogP) is 4.72. The summed E-state index contributed by atoms with van der Waals surface area (Å²) < 4.78 is 0. The van der Waals surface area contributed by atoms with Crippen LogP contribution in [0.5, 0.6) is 0 Å². The summed E-state index contributed by atoms with van der Waals surface area (Å²) in [6.45, 7) is 0. The molecule has 0 aliphatic carbocycles. The number of benzene rings is 1. The van der Waals surface area contributed by atoms with Gasteiger partial charge < -0.3 is 0 Å². The van der Waals surface area contributed by atoms with Crippen LogP contribution in [-0.4, -0.2) is 0 Å². The average Bonchev–Trinajstić information content (AvgIpc) is 2.53. The molecule has 2 aromatic rings. The van der Waals surface area contributed by atoms with E-state index in [1.165, 1.54) is 4.88 Å². The Hall–Kier alpha value is -0.500. The second kappa shape index (κ2) is 3.70. The highest BCUT2D eigenvalue weighted by Crippen LogP contribution is 2.29. The monoisotopic (exact) mass is 228 g/mol. The van der Waals surface area contributed by atoms with E-state index in [-0.39, 0.29) is 0 Å². The van der Waals surface area contributed by atoms with Crippen molar-refractivity contribution in [1.29, 1.82) is 0 Å². The molecule has 1 heterocycles. The maximum absolute atomic E-state index is 5.89. The fourth-order valence-electron chi connectivity index (χ4n) is 1.14. The van der Waals surface area contributed by atoms with Gasteiger partial charge in [0.05, 0.1) is 0 Å². The van der Waals surface area contributed by atoms with Gasteiger partial charge in [-0.3, -0.25) is 0 Å². The molecular weight excluding hydrogens is 223 g/mol. The van der Waals surface area contributed by atoms with Crippen molar-refractivity contribution in [3.05, 3.63) is 45.8 Å². The third kappa shape index (κ3) is 2.05. The molecule has 13 heavy (non-hydrogen) atoms. The van der Waals surface area contributed by atoms with E-state index >= 15 is 0 Å². The molecule has 1 aromatic carbocycles. The number of hydrogen-bond donors (Lipinski definition) is 0. The summed E-state index contributed by atoms with van der Waals surface area (Å²) in [5, 5.41) is 3.39. The molecule has 0 nitrogen and oxygen atoms in total. The first-order chi connectivity index (χ1) is 6.25. The molecule has 0 radical (unpaired) electrons. The Bertz CT molecular complexity index is 387. The van der Waals surface area contributed by atoms with Crippen molar-refractivity contribution in [3.8, 4) is 10.4 Å². The summed E-state index contributed by atoms with van der Waals surface area (Å²) in [7, 11) is 0. The molecule has 0 spiro atoms. The van der Waals surface area contributed by atoms with Crippen LogP contribution in [-0.2, 0) is 0 Å². The van der Waals surface area contributed by atoms with Crippen molar-refractivity contribution in [2.45, 2.75) is 0 Å². The lowest BCUT2D eigenvalue weighted by molar-refractivity contribution is 1.69. The van der Waals surface area contributed by atoms with Crippen LogP contribution in [0.2, 0.25) is 10.0 Å². The van der Waals surface area contributed by atoms with Crippen molar-refractivity contribution in [2.75, 3.05) is 0 Å². The van der Waals surface area contributed by atoms with Crippen LogP contribution in [0.1, 0.15) is 0 Å². The second-order valence-electron chi connectivity index (χ2n) is 2.64. The number of halogens is 2. The Labute approximate surface area is 90.7 Å². The zero-order chi connectivity index (χ0) is 9.26. The van der Waals surface area contributed by atoms with Gasteiger partial charge in [-0.05, 0) is 35.2 Å². The van der Waals surface area contributed by atoms with Gasteiger partial charge in [0.2, 0.25) is 0 Å². The topological polar surface area (TPSA) is 0 Å². The maximum Gasteiger partial charge on any atom is 0.0427 e. The highest BCUT2D eigenvalue weighted by molar-refractivity contribution is 7.13. The highest BCUT2D eigenvalue weighted by Gasteiger charge is 2.01. The van der Waals surface area contributed by atoms with Crippen molar-refractivity contribution in [1.82, 2.24) is 0 Å². The van der Waals surface area contributed by atoms with Crippen LogP contribution >= 0.6 is 34.5 Å². The fraction of sp³-hybridized carbons (Fsp3) is 0. The molecule has 0 N–H and O–H groups in total. The first-order valence-electron chi connectivity index (χ1n) is 3.76. The van der Waals surface area contributed by atoms with Crippen molar-refractivity contribution < 1.29 is 0 Å². The third-order valence-electron chi connectivity index (χ3n) is 1.67. The minimum absolute atomic E-state index is 0.677. The lowest BCUT2D eigenvalue weighted by Gasteiger charge is -1.99. The fourth-order valence-corrected chi connectivity index (χ4v) is 2.38. The molecule has 0 atom stereocenters. The Kier molecular flexibility index (Phi) is 2.58. The first-order valence-corrected chi connectivity index (χ1v) is 5.39. The van der Waals surface area contributed by atoms with Gasteiger partial charge >= 0.3 is 0 Å². The Morgan fingerprint density at radius 3 is 2.23 bits per heavy atom. The summed E-state index contributed by atoms with van der Waals surface area (Å²) in [5.74, 6) is 0. The molecule has 2 rings (SSSR count). The first kappa shape index (κ1) is 9.07. The minimum Gasteiger partial charge on any atom is -0.144 e. The quantitative estimate of drug-likeness (QED) is 0.663. The largest absolute Gasteiger partial charge is 0.144 e. The molecule has 0 amide bonds. The predicted molar refractivity (Wildman–Crippen MR) is 59.8 cm³/mol. The van der Waals surface area contributed by atoms with Crippen molar-refractivity contribution >= 4 is 34.5 Å². The molecule has 0 unspecified atom stereocenters. The molecule has 3 heteroatoms. The third-order valence-corrected chi connectivity index (χ3v) is 3.02. The van der Waals surface area contributed by atoms with Crippen LogP contribution in [0, 0.1) is 0 Å². The SMILES string of the molecule is Clc1cc(Cl)cc(-c2cccs2)c1. The van der Waals surface area contributed by atoms with Gasteiger partial charge in [0.15, 0.2) is 0 Å². The molecule has 0 saturated carbocycles. The Balaban J connectivity index is 2.53. The summed E-state index contributed by atoms with van der Waals surface area (Å²) in [6.07, 6.45) is 0. The van der Waals surface area contributed by atoms with E-state index in [9.17, 15) is 0 Å². The zero-order valence-electron chi connectivity index (χ0n) is 6.63. The molecule has 1 aromatic heterocycles. The van der Waals surface area contributed by atoms with Crippen LogP contribution in [0.3, 0.4) is 0 Å². The van der Waals surface area contributed by atoms with Gasteiger partial charge in [-0.15, -0.1) is 11.3 Å². The molecule has 0 aliphatic heterocycles. The lowest BCUT2D eigenvalue weighted by Crippen LogP contribution is -1.73.